The molecule has 11 heteroatoms. The molecule has 2 aromatic rings. The van der Waals surface area contributed by atoms with Crippen LogP contribution in [0.25, 0.3) is 0 Å². The van der Waals surface area contributed by atoms with Gasteiger partial charge in [-0.25, -0.2) is 9.78 Å². The normalized spacial score (nSPS) is 16.5. The summed E-state index contributed by atoms with van der Waals surface area (Å²) < 4.78 is 5.45. The van der Waals surface area contributed by atoms with Crippen molar-refractivity contribution in [3.63, 3.8) is 0 Å². The van der Waals surface area contributed by atoms with Gasteiger partial charge >= 0.3 is 6.03 Å². The SMILES string of the molecule is CC(=O)Nc1cc(Nc2ncc(C)c(N3CCN(C(N)=O)CC3)n2)ccc1N1CCOCC1. The summed E-state index contributed by atoms with van der Waals surface area (Å²) in [5, 5.41) is 6.18. The van der Waals surface area contributed by atoms with E-state index in [0.717, 1.165) is 41.5 Å². The lowest BCUT2D eigenvalue weighted by Gasteiger charge is -2.35. The van der Waals surface area contributed by atoms with Gasteiger partial charge in [0.2, 0.25) is 11.9 Å². The second kappa shape index (κ2) is 9.90. The fraction of sp³-hybridized carbons (Fsp3) is 0.455. The van der Waals surface area contributed by atoms with Gasteiger partial charge in [-0.15, -0.1) is 0 Å². The van der Waals surface area contributed by atoms with Gasteiger partial charge in [0.15, 0.2) is 0 Å². The van der Waals surface area contributed by atoms with E-state index in [1.165, 1.54) is 6.92 Å². The summed E-state index contributed by atoms with van der Waals surface area (Å²) in [6.07, 6.45) is 1.78. The molecule has 1 aromatic carbocycles. The number of carbonyl (C=O) groups excluding carboxylic acids is 2. The molecule has 11 nitrogen and oxygen atoms in total. The predicted molar refractivity (Wildman–Crippen MR) is 127 cm³/mol. The number of primary amides is 1. The van der Waals surface area contributed by atoms with Crippen molar-refractivity contribution in [1.82, 2.24) is 14.9 Å². The van der Waals surface area contributed by atoms with Crippen LogP contribution in [0.1, 0.15) is 12.5 Å². The number of hydrogen-bond donors (Lipinski definition) is 3. The molecule has 2 saturated heterocycles. The van der Waals surface area contributed by atoms with Crippen molar-refractivity contribution in [3.05, 3.63) is 30.0 Å². The van der Waals surface area contributed by atoms with Gasteiger partial charge in [0.05, 0.1) is 24.6 Å². The van der Waals surface area contributed by atoms with E-state index < -0.39 is 6.03 Å². The molecule has 2 aliphatic rings. The lowest BCUT2D eigenvalue weighted by atomic mass is 10.2. The monoisotopic (exact) mass is 454 g/mol. The minimum Gasteiger partial charge on any atom is -0.378 e. The van der Waals surface area contributed by atoms with Gasteiger partial charge in [0.1, 0.15) is 5.82 Å². The number of aromatic nitrogens is 2. The maximum Gasteiger partial charge on any atom is 0.314 e. The number of piperazine rings is 1. The summed E-state index contributed by atoms with van der Waals surface area (Å²) in [6, 6.07) is 5.43. The third kappa shape index (κ3) is 5.43. The zero-order valence-electron chi connectivity index (χ0n) is 19.0. The van der Waals surface area contributed by atoms with Gasteiger partial charge in [-0.05, 0) is 25.1 Å². The molecule has 33 heavy (non-hydrogen) atoms. The molecule has 0 bridgehead atoms. The Bertz CT molecular complexity index is 1020. The van der Waals surface area contributed by atoms with Crippen LogP contribution in [-0.2, 0) is 9.53 Å². The fourth-order valence-electron chi connectivity index (χ4n) is 4.06. The second-order valence-electron chi connectivity index (χ2n) is 8.15. The van der Waals surface area contributed by atoms with E-state index in [0.29, 0.717) is 45.3 Å². The van der Waals surface area contributed by atoms with Crippen LogP contribution in [0.3, 0.4) is 0 Å². The van der Waals surface area contributed by atoms with Crippen molar-refractivity contribution in [2.45, 2.75) is 13.8 Å². The molecular formula is C22H30N8O3. The highest BCUT2D eigenvalue weighted by molar-refractivity contribution is 5.94. The van der Waals surface area contributed by atoms with Crippen LogP contribution < -0.4 is 26.2 Å². The first kappa shape index (κ1) is 22.6. The van der Waals surface area contributed by atoms with Gasteiger partial charge in [0.25, 0.3) is 0 Å². The summed E-state index contributed by atoms with van der Waals surface area (Å²) in [5.74, 6) is 1.15. The Labute approximate surface area is 192 Å². The van der Waals surface area contributed by atoms with Gasteiger partial charge in [-0.3, -0.25) is 4.79 Å². The number of anilines is 5. The molecule has 0 unspecified atom stereocenters. The molecule has 0 spiro atoms. The molecule has 3 heterocycles. The number of morpholine rings is 1. The van der Waals surface area contributed by atoms with Crippen LogP contribution in [-0.4, -0.2) is 79.3 Å². The molecule has 3 amide bonds. The third-order valence-corrected chi connectivity index (χ3v) is 5.75. The number of rotatable bonds is 5. The van der Waals surface area contributed by atoms with Crippen molar-refractivity contribution in [3.8, 4) is 0 Å². The Morgan fingerprint density at radius 3 is 2.45 bits per heavy atom. The molecule has 1 aromatic heterocycles. The number of nitrogens with one attached hydrogen (secondary N) is 2. The molecule has 4 N–H and O–H groups in total. The summed E-state index contributed by atoms with van der Waals surface area (Å²) in [4.78, 5) is 38.3. The van der Waals surface area contributed by atoms with Gasteiger partial charge < -0.3 is 35.8 Å². The standard InChI is InChI=1S/C22H30N8O3/c1-15-14-24-22(27-20(15)29-5-7-30(8-6-29)21(23)32)26-17-3-4-19(18(13-17)25-16(2)31)28-9-11-33-12-10-28/h3-4,13-14H,5-12H2,1-2H3,(H2,23,32)(H,25,31)(H,24,26,27). The highest BCUT2D eigenvalue weighted by atomic mass is 16.5. The average molecular weight is 455 g/mol. The summed E-state index contributed by atoms with van der Waals surface area (Å²) in [6.45, 7) is 8.75. The largest absolute Gasteiger partial charge is 0.378 e. The first-order chi connectivity index (χ1) is 15.9. The molecule has 0 atom stereocenters. The Hall–Kier alpha value is -3.60. The number of aryl methyl sites for hydroxylation is 1. The third-order valence-electron chi connectivity index (χ3n) is 5.75. The van der Waals surface area contributed by atoms with E-state index in [2.05, 4.69) is 25.4 Å². The van der Waals surface area contributed by atoms with Crippen LogP contribution in [0.2, 0.25) is 0 Å². The number of amides is 3. The molecule has 176 valence electrons. The number of nitrogens with two attached hydrogens (primary N) is 1. The van der Waals surface area contributed by atoms with Gasteiger partial charge in [0, 0.05) is 63.6 Å². The number of carbonyl (C=O) groups is 2. The van der Waals surface area contributed by atoms with Crippen LogP contribution in [0, 0.1) is 6.92 Å². The first-order valence-electron chi connectivity index (χ1n) is 11.0. The van der Waals surface area contributed by atoms with Crippen molar-refractivity contribution >= 4 is 40.8 Å². The van der Waals surface area contributed by atoms with Crippen molar-refractivity contribution in [2.75, 3.05) is 72.9 Å². The van der Waals surface area contributed by atoms with Gasteiger partial charge in [-0.2, -0.15) is 4.98 Å². The number of urea groups is 1. The molecule has 2 aliphatic heterocycles. The smallest absolute Gasteiger partial charge is 0.314 e. The zero-order valence-corrected chi connectivity index (χ0v) is 19.0. The van der Waals surface area contributed by atoms with E-state index >= 15 is 0 Å². The Balaban J connectivity index is 1.53. The van der Waals surface area contributed by atoms with E-state index in [-0.39, 0.29) is 5.91 Å². The number of benzene rings is 1. The van der Waals surface area contributed by atoms with Crippen molar-refractivity contribution in [1.29, 1.82) is 0 Å². The summed E-state index contributed by atoms with van der Waals surface area (Å²) >= 11 is 0. The van der Waals surface area contributed by atoms with E-state index in [1.54, 1.807) is 11.1 Å². The molecule has 4 rings (SSSR count). The Kier molecular flexibility index (Phi) is 6.78. The Morgan fingerprint density at radius 1 is 1.06 bits per heavy atom. The first-order valence-corrected chi connectivity index (χ1v) is 11.0. The molecular weight excluding hydrogens is 424 g/mol. The number of ether oxygens (including phenoxy) is 1. The van der Waals surface area contributed by atoms with E-state index in [4.69, 9.17) is 15.5 Å². The summed E-state index contributed by atoms with van der Waals surface area (Å²) in [5.41, 5.74) is 8.79. The maximum atomic E-state index is 11.8. The lowest BCUT2D eigenvalue weighted by Crippen LogP contribution is -2.50. The van der Waals surface area contributed by atoms with Crippen LogP contribution in [0.5, 0.6) is 0 Å². The molecule has 0 saturated carbocycles. The lowest BCUT2D eigenvalue weighted by molar-refractivity contribution is -0.114. The van der Waals surface area contributed by atoms with Crippen LogP contribution in [0.15, 0.2) is 24.4 Å². The van der Waals surface area contributed by atoms with Gasteiger partial charge in [-0.1, -0.05) is 0 Å². The van der Waals surface area contributed by atoms with Crippen LogP contribution in [0.4, 0.5) is 33.6 Å². The number of hydrogen-bond acceptors (Lipinski definition) is 8. The average Bonchev–Trinajstić information content (AvgIpc) is 2.81. The Morgan fingerprint density at radius 2 is 1.79 bits per heavy atom. The number of nitrogens with zero attached hydrogens (tertiary/aromatic N) is 5. The topological polar surface area (TPSA) is 129 Å². The van der Waals surface area contributed by atoms with E-state index in [1.807, 2.05) is 25.1 Å². The molecule has 2 fully saturated rings. The highest BCUT2D eigenvalue weighted by Gasteiger charge is 2.22. The van der Waals surface area contributed by atoms with E-state index in [9.17, 15) is 9.59 Å². The summed E-state index contributed by atoms with van der Waals surface area (Å²) in [7, 11) is 0. The minimum absolute atomic E-state index is 0.134. The van der Waals surface area contributed by atoms with Crippen molar-refractivity contribution in [2.24, 2.45) is 5.73 Å². The minimum atomic E-state index is -0.396. The molecule has 0 aliphatic carbocycles. The van der Waals surface area contributed by atoms with Crippen LogP contribution >= 0.6 is 0 Å². The zero-order chi connectivity index (χ0) is 23.4. The fourth-order valence-corrected chi connectivity index (χ4v) is 4.06. The second-order valence-corrected chi connectivity index (χ2v) is 8.15. The predicted octanol–water partition coefficient (Wildman–Crippen LogP) is 1.52. The highest BCUT2D eigenvalue weighted by Crippen LogP contribution is 2.31. The quantitative estimate of drug-likeness (QED) is 0.620. The van der Waals surface area contributed by atoms with Crippen molar-refractivity contribution < 1.29 is 14.3 Å². The maximum absolute atomic E-state index is 11.8. The molecule has 0 radical (unpaired) electrons.